The van der Waals surface area contributed by atoms with Crippen LogP contribution in [-0.4, -0.2) is 35.3 Å². The molecule has 0 saturated carbocycles. The molecule has 0 aliphatic rings. The Kier molecular flexibility index (Phi) is 3.93. The molecule has 16 heavy (non-hydrogen) atoms. The maximum atomic E-state index is 12.7. The van der Waals surface area contributed by atoms with Crippen molar-refractivity contribution < 1.29 is 13.2 Å². The van der Waals surface area contributed by atoms with Gasteiger partial charge in [0.25, 0.3) is 0 Å². The molecule has 0 bridgehead atoms. The molecule has 0 aliphatic heterocycles. The van der Waals surface area contributed by atoms with E-state index in [-0.39, 0.29) is 18.7 Å². The zero-order valence-electron chi connectivity index (χ0n) is 9.25. The van der Waals surface area contributed by atoms with Crippen LogP contribution < -0.4 is 5.73 Å². The minimum Gasteiger partial charge on any atom is -0.326 e. The molecule has 1 aromatic heterocycles. The second-order valence-corrected chi connectivity index (χ2v) is 3.75. The standard InChI is InChI=1S/C9H15F3N4/c1-15(2)3-4-16-8(9(10,11)12)7(5-13)6-14-16/h6H,3-5,13H2,1-2H3. The monoisotopic (exact) mass is 236 g/mol. The van der Waals surface area contributed by atoms with Gasteiger partial charge in [0.15, 0.2) is 0 Å². The molecule has 0 aliphatic carbocycles. The highest BCUT2D eigenvalue weighted by Crippen LogP contribution is 2.31. The predicted octanol–water partition coefficient (Wildman–Crippen LogP) is 0.922. The number of nitrogens with zero attached hydrogens (tertiary/aromatic N) is 3. The lowest BCUT2D eigenvalue weighted by Gasteiger charge is -2.14. The van der Waals surface area contributed by atoms with Crippen LogP contribution in [0.4, 0.5) is 13.2 Å². The fourth-order valence-electron chi connectivity index (χ4n) is 1.37. The fraction of sp³-hybridized carbons (Fsp3) is 0.667. The van der Waals surface area contributed by atoms with Crippen LogP contribution in [0.3, 0.4) is 0 Å². The third kappa shape index (κ3) is 2.96. The van der Waals surface area contributed by atoms with Crippen molar-refractivity contribution in [2.45, 2.75) is 19.3 Å². The van der Waals surface area contributed by atoms with Gasteiger partial charge in [0.2, 0.25) is 0 Å². The van der Waals surface area contributed by atoms with Gasteiger partial charge in [0.1, 0.15) is 5.69 Å². The van der Waals surface area contributed by atoms with Crippen LogP contribution in [0.15, 0.2) is 6.20 Å². The summed E-state index contributed by atoms with van der Waals surface area (Å²) >= 11 is 0. The lowest BCUT2D eigenvalue weighted by molar-refractivity contribution is -0.144. The number of aromatic nitrogens is 2. The molecular weight excluding hydrogens is 221 g/mol. The molecule has 0 unspecified atom stereocenters. The molecule has 2 N–H and O–H groups in total. The van der Waals surface area contributed by atoms with Crippen molar-refractivity contribution in [3.63, 3.8) is 0 Å². The van der Waals surface area contributed by atoms with E-state index in [1.165, 1.54) is 6.20 Å². The van der Waals surface area contributed by atoms with Crippen molar-refractivity contribution in [3.8, 4) is 0 Å². The molecule has 1 aromatic rings. The van der Waals surface area contributed by atoms with Crippen LogP contribution in [0.25, 0.3) is 0 Å². The summed E-state index contributed by atoms with van der Waals surface area (Å²) in [6.07, 6.45) is -3.23. The van der Waals surface area contributed by atoms with E-state index >= 15 is 0 Å². The lowest BCUT2D eigenvalue weighted by atomic mass is 10.2. The number of hydrogen-bond donors (Lipinski definition) is 1. The van der Waals surface area contributed by atoms with E-state index < -0.39 is 11.9 Å². The minimum absolute atomic E-state index is 0.0336. The van der Waals surface area contributed by atoms with E-state index in [0.717, 1.165) is 4.68 Å². The van der Waals surface area contributed by atoms with Gasteiger partial charge in [0.05, 0.1) is 12.7 Å². The largest absolute Gasteiger partial charge is 0.433 e. The van der Waals surface area contributed by atoms with E-state index in [2.05, 4.69) is 5.10 Å². The molecule has 92 valence electrons. The summed E-state index contributed by atoms with van der Waals surface area (Å²) < 4.78 is 39.1. The van der Waals surface area contributed by atoms with Crippen LogP contribution in [0.1, 0.15) is 11.3 Å². The Morgan fingerprint density at radius 1 is 1.44 bits per heavy atom. The number of hydrogen-bond acceptors (Lipinski definition) is 3. The third-order valence-corrected chi connectivity index (χ3v) is 2.16. The summed E-state index contributed by atoms with van der Waals surface area (Å²) in [4.78, 5) is 1.80. The van der Waals surface area contributed by atoms with Crippen molar-refractivity contribution in [2.75, 3.05) is 20.6 Å². The first kappa shape index (κ1) is 13.0. The molecule has 0 amide bonds. The average molecular weight is 236 g/mol. The van der Waals surface area contributed by atoms with Gasteiger partial charge >= 0.3 is 6.18 Å². The molecule has 0 fully saturated rings. The number of alkyl halides is 3. The van der Waals surface area contributed by atoms with E-state index in [1.807, 2.05) is 0 Å². The molecule has 0 saturated heterocycles. The molecule has 0 atom stereocenters. The van der Waals surface area contributed by atoms with Gasteiger partial charge in [-0.05, 0) is 14.1 Å². The van der Waals surface area contributed by atoms with E-state index in [1.54, 1.807) is 19.0 Å². The van der Waals surface area contributed by atoms with Crippen molar-refractivity contribution >= 4 is 0 Å². The Morgan fingerprint density at radius 2 is 2.06 bits per heavy atom. The van der Waals surface area contributed by atoms with Crippen LogP contribution in [0.5, 0.6) is 0 Å². The minimum atomic E-state index is -4.41. The van der Waals surface area contributed by atoms with E-state index in [0.29, 0.717) is 6.54 Å². The highest BCUT2D eigenvalue weighted by atomic mass is 19.4. The summed E-state index contributed by atoms with van der Waals surface area (Å²) in [6, 6.07) is 0. The molecular formula is C9H15F3N4. The smallest absolute Gasteiger partial charge is 0.326 e. The van der Waals surface area contributed by atoms with Gasteiger partial charge in [-0.2, -0.15) is 18.3 Å². The Bertz CT molecular complexity index is 343. The van der Waals surface area contributed by atoms with Gasteiger partial charge in [-0.1, -0.05) is 0 Å². The lowest BCUT2D eigenvalue weighted by Crippen LogP contribution is -2.23. The Balaban J connectivity index is 2.96. The number of likely N-dealkylation sites (N-methyl/N-ethyl adjacent to an activating group) is 1. The van der Waals surface area contributed by atoms with Gasteiger partial charge in [-0.3, -0.25) is 4.68 Å². The molecule has 1 rings (SSSR count). The molecule has 1 heterocycles. The Hall–Kier alpha value is -1.08. The number of nitrogens with two attached hydrogens (primary N) is 1. The number of rotatable bonds is 4. The molecule has 0 radical (unpaired) electrons. The zero-order chi connectivity index (χ0) is 12.3. The quantitative estimate of drug-likeness (QED) is 0.845. The highest BCUT2D eigenvalue weighted by Gasteiger charge is 2.37. The van der Waals surface area contributed by atoms with Crippen LogP contribution >= 0.6 is 0 Å². The van der Waals surface area contributed by atoms with Crippen LogP contribution in [0.2, 0.25) is 0 Å². The summed E-state index contributed by atoms with van der Waals surface area (Å²) in [7, 11) is 3.58. The fourth-order valence-corrected chi connectivity index (χ4v) is 1.37. The normalized spacial score (nSPS) is 12.4. The summed E-state index contributed by atoms with van der Waals surface area (Å²) in [6.45, 7) is 0.535. The highest BCUT2D eigenvalue weighted by molar-refractivity contribution is 5.20. The van der Waals surface area contributed by atoms with Gasteiger partial charge in [-0.25, -0.2) is 0 Å². The summed E-state index contributed by atoms with van der Waals surface area (Å²) in [5.74, 6) is 0. The SMILES string of the molecule is CN(C)CCn1ncc(CN)c1C(F)(F)F. The summed E-state index contributed by atoms with van der Waals surface area (Å²) in [5.41, 5.74) is 4.55. The Labute approximate surface area is 91.8 Å². The van der Waals surface area contributed by atoms with Gasteiger partial charge < -0.3 is 10.6 Å². The van der Waals surface area contributed by atoms with E-state index in [4.69, 9.17) is 5.73 Å². The predicted molar refractivity (Wildman–Crippen MR) is 53.7 cm³/mol. The molecule has 0 spiro atoms. The maximum Gasteiger partial charge on any atom is 0.433 e. The van der Waals surface area contributed by atoms with Crippen molar-refractivity contribution in [3.05, 3.63) is 17.5 Å². The van der Waals surface area contributed by atoms with E-state index in [9.17, 15) is 13.2 Å². The first-order chi connectivity index (χ1) is 7.36. The second kappa shape index (κ2) is 4.84. The number of halogens is 3. The van der Waals surface area contributed by atoms with Gasteiger partial charge in [-0.15, -0.1) is 0 Å². The first-order valence-corrected chi connectivity index (χ1v) is 4.83. The first-order valence-electron chi connectivity index (χ1n) is 4.83. The maximum absolute atomic E-state index is 12.7. The molecule has 7 heteroatoms. The van der Waals surface area contributed by atoms with Crippen molar-refractivity contribution in [2.24, 2.45) is 5.73 Å². The van der Waals surface area contributed by atoms with Crippen LogP contribution in [-0.2, 0) is 19.3 Å². The average Bonchev–Trinajstić information content (AvgIpc) is 2.56. The Morgan fingerprint density at radius 3 is 2.50 bits per heavy atom. The van der Waals surface area contributed by atoms with Gasteiger partial charge in [0, 0.05) is 18.7 Å². The second-order valence-electron chi connectivity index (χ2n) is 3.75. The zero-order valence-corrected chi connectivity index (χ0v) is 9.25. The molecule has 4 nitrogen and oxygen atoms in total. The summed E-state index contributed by atoms with van der Waals surface area (Å²) in [5, 5.41) is 3.72. The topological polar surface area (TPSA) is 47.1 Å². The van der Waals surface area contributed by atoms with Crippen LogP contribution in [0, 0.1) is 0 Å². The third-order valence-electron chi connectivity index (χ3n) is 2.16. The van der Waals surface area contributed by atoms with Crippen molar-refractivity contribution in [1.29, 1.82) is 0 Å². The molecule has 0 aromatic carbocycles. The van der Waals surface area contributed by atoms with Crippen molar-refractivity contribution in [1.82, 2.24) is 14.7 Å².